The zero-order valence-electron chi connectivity index (χ0n) is 11.6. The first kappa shape index (κ1) is 14.1. The highest BCUT2D eigenvalue weighted by Crippen LogP contribution is 2.23. The average Bonchev–Trinajstić information content (AvgIpc) is 2.86. The molecule has 5 heteroatoms. The van der Waals surface area contributed by atoms with Gasteiger partial charge in [-0.25, -0.2) is 9.67 Å². The van der Waals surface area contributed by atoms with Crippen molar-refractivity contribution in [3.63, 3.8) is 0 Å². The van der Waals surface area contributed by atoms with Crippen molar-refractivity contribution in [3.05, 3.63) is 41.7 Å². The van der Waals surface area contributed by atoms with Crippen LogP contribution in [0.25, 0.3) is 0 Å². The third-order valence-corrected chi connectivity index (χ3v) is 4.32. The molecule has 1 unspecified atom stereocenters. The van der Waals surface area contributed by atoms with E-state index in [9.17, 15) is 0 Å². The number of aryl methyl sites for hydroxylation is 2. The summed E-state index contributed by atoms with van der Waals surface area (Å²) in [5.41, 5.74) is 2.69. The van der Waals surface area contributed by atoms with Crippen molar-refractivity contribution in [2.75, 3.05) is 12.8 Å². The van der Waals surface area contributed by atoms with E-state index >= 15 is 0 Å². The minimum Gasteiger partial charge on any atom is -0.312 e. The van der Waals surface area contributed by atoms with Crippen LogP contribution < -0.4 is 5.32 Å². The van der Waals surface area contributed by atoms with Gasteiger partial charge in [-0.1, -0.05) is 43.0 Å². The number of aromatic nitrogens is 3. The minimum atomic E-state index is 0.326. The highest BCUT2D eigenvalue weighted by Gasteiger charge is 2.11. The lowest BCUT2D eigenvalue weighted by Crippen LogP contribution is -2.19. The normalized spacial score (nSPS) is 12.6. The summed E-state index contributed by atoms with van der Waals surface area (Å²) in [6.07, 6.45) is 2.67. The van der Waals surface area contributed by atoms with Crippen LogP contribution >= 0.6 is 11.8 Å². The van der Waals surface area contributed by atoms with Crippen LogP contribution in [0.1, 0.15) is 24.1 Å². The van der Waals surface area contributed by atoms with Crippen LogP contribution in [0.5, 0.6) is 0 Å². The van der Waals surface area contributed by atoms with Gasteiger partial charge in [0.05, 0.1) is 0 Å². The molecule has 0 saturated heterocycles. The van der Waals surface area contributed by atoms with Crippen molar-refractivity contribution >= 4 is 11.8 Å². The first-order chi connectivity index (χ1) is 9.24. The summed E-state index contributed by atoms with van der Waals surface area (Å²) < 4.78 is 1.80. The summed E-state index contributed by atoms with van der Waals surface area (Å²) in [6, 6.07) is 9.14. The molecule has 0 bridgehead atoms. The molecular weight excluding hydrogens is 256 g/mol. The minimum absolute atomic E-state index is 0.326. The van der Waals surface area contributed by atoms with Gasteiger partial charge in [0.15, 0.2) is 5.16 Å². The molecule has 19 heavy (non-hydrogen) atoms. The summed E-state index contributed by atoms with van der Waals surface area (Å²) in [5, 5.41) is 8.39. The monoisotopic (exact) mass is 276 g/mol. The molecule has 2 aromatic rings. The fourth-order valence-electron chi connectivity index (χ4n) is 1.91. The number of hydrogen-bond donors (Lipinski definition) is 1. The van der Waals surface area contributed by atoms with Gasteiger partial charge in [-0.2, -0.15) is 5.10 Å². The van der Waals surface area contributed by atoms with Gasteiger partial charge in [0.1, 0.15) is 6.33 Å². The molecule has 1 aromatic carbocycles. The van der Waals surface area contributed by atoms with Crippen molar-refractivity contribution in [1.82, 2.24) is 20.1 Å². The van der Waals surface area contributed by atoms with E-state index in [1.54, 1.807) is 22.8 Å². The Morgan fingerprint density at radius 1 is 1.32 bits per heavy atom. The van der Waals surface area contributed by atoms with Crippen molar-refractivity contribution < 1.29 is 0 Å². The Morgan fingerprint density at radius 2 is 2.05 bits per heavy atom. The smallest absolute Gasteiger partial charge is 0.185 e. The average molecular weight is 276 g/mol. The highest BCUT2D eigenvalue weighted by atomic mass is 32.2. The summed E-state index contributed by atoms with van der Waals surface area (Å²) in [7, 11) is 3.91. The first-order valence-electron chi connectivity index (χ1n) is 6.47. The lowest BCUT2D eigenvalue weighted by Gasteiger charge is -2.16. The quantitative estimate of drug-likeness (QED) is 0.823. The lowest BCUT2D eigenvalue weighted by atomic mass is 10.1. The van der Waals surface area contributed by atoms with Gasteiger partial charge >= 0.3 is 0 Å². The Kier molecular flexibility index (Phi) is 4.99. The number of nitrogens with one attached hydrogen (secondary N) is 1. The molecule has 0 spiro atoms. The number of hydrogen-bond acceptors (Lipinski definition) is 4. The Labute approximate surface area is 118 Å². The maximum Gasteiger partial charge on any atom is 0.185 e. The topological polar surface area (TPSA) is 42.7 Å². The van der Waals surface area contributed by atoms with Gasteiger partial charge in [0.25, 0.3) is 0 Å². The largest absolute Gasteiger partial charge is 0.312 e. The van der Waals surface area contributed by atoms with Crippen LogP contribution in [0.4, 0.5) is 0 Å². The highest BCUT2D eigenvalue weighted by molar-refractivity contribution is 7.99. The number of rotatable bonds is 6. The molecule has 0 aliphatic carbocycles. The number of nitrogens with zero attached hydrogens (tertiary/aromatic N) is 3. The van der Waals surface area contributed by atoms with Gasteiger partial charge in [-0.05, 0) is 24.6 Å². The third-order valence-electron chi connectivity index (χ3n) is 3.19. The molecule has 1 atom stereocenters. The maximum atomic E-state index is 4.23. The van der Waals surface area contributed by atoms with Gasteiger partial charge in [-0.3, -0.25) is 0 Å². The standard InChI is InChI=1S/C14H20N4S/c1-4-11-5-7-12(8-6-11)13(15-2)9-19-14-16-10-17-18(14)3/h5-8,10,13,15H,4,9H2,1-3H3. The molecule has 1 N–H and O–H groups in total. The Balaban J connectivity index is 2.01. The summed E-state index contributed by atoms with van der Waals surface area (Å²) in [6.45, 7) is 2.18. The van der Waals surface area contributed by atoms with Crippen LogP contribution in [0.2, 0.25) is 0 Å². The summed E-state index contributed by atoms with van der Waals surface area (Å²) >= 11 is 1.72. The van der Waals surface area contributed by atoms with Crippen LogP contribution in [-0.2, 0) is 13.5 Å². The second kappa shape index (κ2) is 6.73. The molecule has 0 fully saturated rings. The Bertz CT molecular complexity index is 506. The predicted molar refractivity (Wildman–Crippen MR) is 79.3 cm³/mol. The SMILES string of the molecule is CCc1ccc(C(CSc2ncnn2C)NC)cc1. The predicted octanol–water partition coefficient (Wildman–Crippen LogP) is 2.43. The van der Waals surface area contributed by atoms with E-state index in [0.717, 1.165) is 17.3 Å². The molecule has 0 saturated carbocycles. The van der Waals surface area contributed by atoms with Gasteiger partial charge in [-0.15, -0.1) is 0 Å². The Hall–Kier alpha value is -1.33. The van der Waals surface area contributed by atoms with E-state index in [-0.39, 0.29) is 0 Å². The van der Waals surface area contributed by atoms with E-state index in [4.69, 9.17) is 0 Å². The van der Waals surface area contributed by atoms with Crippen molar-refractivity contribution in [3.8, 4) is 0 Å². The van der Waals surface area contributed by atoms with Crippen molar-refractivity contribution in [1.29, 1.82) is 0 Å². The Morgan fingerprint density at radius 3 is 2.58 bits per heavy atom. The van der Waals surface area contributed by atoms with E-state index in [1.807, 2.05) is 14.1 Å². The molecular formula is C14H20N4S. The van der Waals surface area contributed by atoms with E-state index in [1.165, 1.54) is 11.1 Å². The molecule has 0 amide bonds. The fourth-order valence-corrected chi connectivity index (χ4v) is 2.94. The van der Waals surface area contributed by atoms with Crippen LogP contribution in [-0.4, -0.2) is 27.6 Å². The fraction of sp³-hybridized carbons (Fsp3) is 0.429. The molecule has 102 valence electrons. The van der Waals surface area contributed by atoms with E-state index in [0.29, 0.717) is 6.04 Å². The van der Waals surface area contributed by atoms with Crippen LogP contribution in [0.3, 0.4) is 0 Å². The zero-order chi connectivity index (χ0) is 13.7. The lowest BCUT2D eigenvalue weighted by molar-refractivity contribution is 0.653. The molecule has 0 aliphatic heterocycles. The molecule has 4 nitrogen and oxygen atoms in total. The molecule has 0 radical (unpaired) electrons. The van der Waals surface area contributed by atoms with E-state index < -0.39 is 0 Å². The van der Waals surface area contributed by atoms with Crippen LogP contribution in [0.15, 0.2) is 35.7 Å². The van der Waals surface area contributed by atoms with Gasteiger partial charge in [0, 0.05) is 18.8 Å². The molecule has 0 aliphatic rings. The van der Waals surface area contributed by atoms with Gasteiger partial charge < -0.3 is 5.32 Å². The number of benzene rings is 1. The third kappa shape index (κ3) is 3.58. The maximum absolute atomic E-state index is 4.23. The molecule has 1 aromatic heterocycles. The number of thioether (sulfide) groups is 1. The second-order valence-electron chi connectivity index (χ2n) is 4.41. The second-order valence-corrected chi connectivity index (χ2v) is 5.40. The van der Waals surface area contributed by atoms with Crippen molar-refractivity contribution in [2.24, 2.45) is 7.05 Å². The van der Waals surface area contributed by atoms with E-state index in [2.05, 4.69) is 46.6 Å². The molecule has 2 rings (SSSR count). The summed E-state index contributed by atoms with van der Waals surface area (Å²) in [4.78, 5) is 4.23. The van der Waals surface area contributed by atoms with Gasteiger partial charge in [0.2, 0.25) is 0 Å². The zero-order valence-corrected chi connectivity index (χ0v) is 12.4. The first-order valence-corrected chi connectivity index (χ1v) is 7.46. The van der Waals surface area contributed by atoms with Crippen molar-refractivity contribution in [2.45, 2.75) is 24.5 Å². The summed E-state index contributed by atoms with van der Waals surface area (Å²) in [5.74, 6) is 0.939. The molecule has 1 heterocycles. The van der Waals surface area contributed by atoms with Crippen LogP contribution in [0, 0.1) is 0 Å².